The Morgan fingerprint density at radius 2 is 1.90 bits per heavy atom. The normalized spacial score (nSPS) is 10.0. The standard InChI is InChI=1S/C13H21N3O5/c1-3-5-7-19-12(17)15-16(11-9-14-21-10-11)13(18)20-8-6-4-2/h9-10H,3-8H2,1-2H3,(H,15,17). The fraction of sp³-hybridized carbons (Fsp3) is 0.615. The molecule has 0 aliphatic heterocycles. The molecule has 0 spiro atoms. The van der Waals surface area contributed by atoms with Gasteiger partial charge in [-0.2, -0.15) is 5.01 Å². The largest absolute Gasteiger partial charge is 0.448 e. The Balaban J connectivity index is 2.57. The van der Waals surface area contributed by atoms with Crippen LogP contribution in [-0.4, -0.2) is 30.6 Å². The average molecular weight is 299 g/mol. The highest BCUT2D eigenvalue weighted by atomic mass is 16.6. The van der Waals surface area contributed by atoms with Gasteiger partial charge >= 0.3 is 12.2 Å². The lowest BCUT2D eigenvalue weighted by Crippen LogP contribution is -2.47. The lowest BCUT2D eigenvalue weighted by molar-refractivity contribution is 0.131. The van der Waals surface area contributed by atoms with Crippen molar-refractivity contribution in [1.82, 2.24) is 10.6 Å². The number of anilines is 1. The SMILES string of the molecule is CCCCOC(=O)NN(C(=O)OCCCC)c1cnoc1. The van der Waals surface area contributed by atoms with Gasteiger partial charge in [0.15, 0.2) is 0 Å². The molecular weight excluding hydrogens is 278 g/mol. The van der Waals surface area contributed by atoms with Crippen LogP contribution in [-0.2, 0) is 9.47 Å². The molecule has 0 fully saturated rings. The summed E-state index contributed by atoms with van der Waals surface area (Å²) in [5, 5.41) is 4.39. The second kappa shape index (κ2) is 9.62. The Labute approximate surface area is 123 Å². The van der Waals surface area contributed by atoms with E-state index in [2.05, 4.69) is 15.1 Å². The number of ether oxygens (including phenoxy) is 2. The van der Waals surface area contributed by atoms with Crippen molar-refractivity contribution in [1.29, 1.82) is 0 Å². The van der Waals surface area contributed by atoms with Crippen LogP contribution in [0.5, 0.6) is 0 Å². The molecule has 2 amide bonds. The molecule has 0 radical (unpaired) electrons. The predicted molar refractivity (Wildman–Crippen MR) is 74.6 cm³/mol. The number of hydrogen-bond donors (Lipinski definition) is 1. The third-order valence-electron chi connectivity index (χ3n) is 2.52. The minimum Gasteiger partial charge on any atom is -0.448 e. The third kappa shape index (κ3) is 6.15. The predicted octanol–water partition coefficient (Wildman–Crippen LogP) is 2.86. The summed E-state index contributed by atoms with van der Waals surface area (Å²) in [5.74, 6) is 0. The first-order chi connectivity index (χ1) is 10.2. The molecule has 0 aromatic carbocycles. The molecule has 1 heterocycles. The van der Waals surface area contributed by atoms with E-state index in [1.807, 2.05) is 13.8 Å². The van der Waals surface area contributed by atoms with Gasteiger partial charge in [-0.15, -0.1) is 0 Å². The topological polar surface area (TPSA) is 93.9 Å². The van der Waals surface area contributed by atoms with E-state index < -0.39 is 12.2 Å². The zero-order valence-electron chi connectivity index (χ0n) is 12.3. The van der Waals surface area contributed by atoms with E-state index in [9.17, 15) is 9.59 Å². The summed E-state index contributed by atoms with van der Waals surface area (Å²) >= 11 is 0. The van der Waals surface area contributed by atoms with Crippen molar-refractivity contribution >= 4 is 17.9 Å². The van der Waals surface area contributed by atoms with Crippen molar-refractivity contribution in [3.8, 4) is 0 Å². The molecule has 8 heteroatoms. The first-order valence-electron chi connectivity index (χ1n) is 6.98. The molecule has 0 aliphatic rings. The fourth-order valence-corrected chi connectivity index (χ4v) is 1.33. The van der Waals surface area contributed by atoms with Crippen molar-refractivity contribution in [2.24, 2.45) is 0 Å². The number of unbranched alkanes of at least 4 members (excludes halogenated alkanes) is 2. The summed E-state index contributed by atoms with van der Waals surface area (Å²) in [6.07, 6.45) is 4.33. The highest BCUT2D eigenvalue weighted by molar-refractivity contribution is 5.90. The van der Waals surface area contributed by atoms with Gasteiger partial charge in [-0.3, -0.25) is 0 Å². The van der Waals surface area contributed by atoms with Crippen molar-refractivity contribution in [2.45, 2.75) is 39.5 Å². The summed E-state index contributed by atoms with van der Waals surface area (Å²) in [6, 6.07) is 0. The van der Waals surface area contributed by atoms with E-state index in [0.29, 0.717) is 0 Å². The van der Waals surface area contributed by atoms with Crippen LogP contribution in [0.25, 0.3) is 0 Å². The molecule has 0 aliphatic carbocycles. The van der Waals surface area contributed by atoms with Gasteiger partial charge in [0.1, 0.15) is 12.0 Å². The van der Waals surface area contributed by atoms with E-state index in [4.69, 9.17) is 9.47 Å². The third-order valence-corrected chi connectivity index (χ3v) is 2.52. The van der Waals surface area contributed by atoms with Crippen LogP contribution in [0.2, 0.25) is 0 Å². The molecule has 21 heavy (non-hydrogen) atoms. The maximum atomic E-state index is 11.9. The summed E-state index contributed by atoms with van der Waals surface area (Å²) in [7, 11) is 0. The molecular formula is C13H21N3O5. The van der Waals surface area contributed by atoms with E-state index in [-0.39, 0.29) is 18.9 Å². The van der Waals surface area contributed by atoms with Crippen LogP contribution in [0.3, 0.4) is 0 Å². The van der Waals surface area contributed by atoms with Gasteiger partial charge in [-0.05, 0) is 12.8 Å². The Kier molecular flexibility index (Phi) is 7.70. The first kappa shape index (κ1) is 16.8. The zero-order valence-corrected chi connectivity index (χ0v) is 12.3. The minimum atomic E-state index is -0.739. The molecule has 1 aromatic rings. The van der Waals surface area contributed by atoms with Crippen molar-refractivity contribution in [2.75, 3.05) is 18.2 Å². The van der Waals surface area contributed by atoms with E-state index >= 15 is 0 Å². The number of aromatic nitrogens is 1. The van der Waals surface area contributed by atoms with Crippen LogP contribution in [0, 0.1) is 0 Å². The molecule has 0 saturated heterocycles. The van der Waals surface area contributed by atoms with Crippen LogP contribution in [0.1, 0.15) is 39.5 Å². The number of hydrazine groups is 1. The Morgan fingerprint density at radius 1 is 1.24 bits per heavy atom. The second-order valence-corrected chi connectivity index (χ2v) is 4.29. The number of amides is 2. The van der Waals surface area contributed by atoms with Gasteiger partial charge in [0, 0.05) is 0 Å². The number of nitrogens with one attached hydrogen (secondary N) is 1. The number of rotatable bonds is 7. The number of carbonyl (C=O) groups excluding carboxylic acids is 2. The monoisotopic (exact) mass is 299 g/mol. The molecule has 1 N–H and O–H groups in total. The Bertz CT molecular complexity index is 421. The smallest absolute Gasteiger partial charge is 0.433 e. The van der Waals surface area contributed by atoms with E-state index in [0.717, 1.165) is 30.7 Å². The van der Waals surface area contributed by atoms with Crippen LogP contribution in [0.15, 0.2) is 17.0 Å². The highest BCUT2D eigenvalue weighted by Crippen LogP contribution is 2.12. The lowest BCUT2D eigenvalue weighted by Gasteiger charge is -2.20. The molecule has 0 atom stereocenters. The number of carbonyl (C=O) groups is 2. The second-order valence-electron chi connectivity index (χ2n) is 4.29. The Hall–Kier alpha value is -2.25. The van der Waals surface area contributed by atoms with Gasteiger partial charge in [0.2, 0.25) is 0 Å². The van der Waals surface area contributed by atoms with Gasteiger partial charge < -0.3 is 14.0 Å². The molecule has 1 aromatic heterocycles. The molecule has 0 saturated carbocycles. The quantitative estimate of drug-likeness (QED) is 0.614. The summed E-state index contributed by atoms with van der Waals surface area (Å²) < 4.78 is 14.6. The van der Waals surface area contributed by atoms with Gasteiger partial charge in [0.05, 0.1) is 19.4 Å². The van der Waals surface area contributed by atoms with Crippen molar-refractivity contribution < 1.29 is 23.6 Å². The Morgan fingerprint density at radius 3 is 2.48 bits per heavy atom. The van der Waals surface area contributed by atoms with Crippen LogP contribution in [0.4, 0.5) is 15.3 Å². The minimum absolute atomic E-state index is 0.254. The maximum Gasteiger partial charge on any atom is 0.433 e. The van der Waals surface area contributed by atoms with E-state index in [1.165, 1.54) is 12.5 Å². The molecule has 0 bridgehead atoms. The summed E-state index contributed by atoms with van der Waals surface area (Å²) in [6.45, 7) is 4.51. The van der Waals surface area contributed by atoms with Crippen LogP contribution >= 0.6 is 0 Å². The van der Waals surface area contributed by atoms with Crippen LogP contribution < -0.4 is 10.4 Å². The highest BCUT2D eigenvalue weighted by Gasteiger charge is 2.22. The average Bonchev–Trinajstić information content (AvgIpc) is 2.99. The summed E-state index contributed by atoms with van der Waals surface area (Å²) in [5.41, 5.74) is 2.56. The van der Waals surface area contributed by atoms with E-state index in [1.54, 1.807) is 0 Å². The number of nitrogens with zero attached hydrogens (tertiary/aromatic N) is 2. The molecule has 1 rings (SSSR count). The summed E-state index contributed by atoms with van der Waals surface area (Å²) in [4.78, 5) is 23.6. The zero-order chi connectivity index (χ0) is 15.5. The lowest BCUT2D eigenvalue weighted by atomic mass is 10.4. The fourth-order valence-electron chi connectivity index (χ4n) is 1.33. The van der Waals surface area contributed by atoms with Gasteiger partial charge in [-0.25, -0.2) is 15.0 Å². The van der Waals surface area contributed by atoms with Gasteiger partial charge in [-0.1, -0.05) is 31.8 Å². The number of hydrogen-bond acceptors (Lipinski definition) is 6. The molecule has 118 valence electrons. The van der Waals surface area contributed by atoms with Crippen molar-refractivity contribution in [3.05, 3.63) is 12.5 Å². The molecule has 0 unspecified atom stereocenters. The van der Waals surface area contributed by atoms with Gasteiger partial charge in [0.25, 0.3) is 0 Å². The molecule has 8 nitrogen and oxygen atoms in total. The maximum absolute atomic E-state index is 11.9. The first-order valence-corrected chi connectivity index (χ1v) is 6.98. The van der Waals surface area contributed by atoms with Crippen molar-refractivity contribution in [3.63, 3.8) is 0 Å².